The fourth-order valence-corrected chi connectivity index (χ4v) is 9.16. The fourth-order valence-electron chi connectivity index (χ4n) is 9.16. The summed E-state index contributed by atoms with van der Waals surface area (Å²) < 4.78 is 0. The van der Waals surface area contributed by atoms with Crippen molar-refractivity contribution in [2.24, 2.45) is 52.3 Å². The van der Waals surface area contributed by atoms with Crippen LogP contribution in [0.15, 0.2) is 0 Å². The number of carbonyl (C=O) groups is 1. The standard InChI is InChI=1S/C27H46O/c1-18(2)7-6-8-19(3)23-13-14-24-22-12-10-20-9-11-21(28)17-27(20,5)25(22)15-16-26(23,24)4/h18-20,22-25H,6-17H2,1-5H3/t19-,20-,22+,23+,24-,25+,26-,27+/m1/s1. The summed E-state index contributed by atoms with van der Waals surface area (Å²) in [7, 11) is 0. The average molecular weight is 387 g/mol. The third kappa shape index (κ3) is 3.41. The van der Waals surface area contributed by atoms with Crippen LogP contribution >= 0.6 is 0 Å². The monoisotopic (exact) mass is 386 g/mol. The van der Waals surface area contributed by atoms with E-state index in [2.05, 4.69) is 34.6 Å². The third-order valence-electron chi connectivity index (χ3n) is 10.6. The molecular formula is C27H46O. The van der Waals surface area contributed by atoms with Gasteiger partial charge in [0.25, 0.3) is 0 Å². The molecule has 0 amide bonds. The maximum Gasteiger partial charge on any atom is 0.133 e. The highest BCUT2D eigenvalue weighted by molar-refractivity contribution is 5.80. The Morgan fingerprint density at radius 3 is 2.39 bits per heavy atom. The highest BCUT2D eigenvalue weighted by atomic mass is 16.1. The molecule has 0 spiro atoms. The van der Waals surface area contributed by atoms with E-state index in [1.165, 1.54) is 64.2 Å². The van der Waals surface area contributed by atoms with Crippen molar-refractivity contribution < 1.29 is 4.79 Å². The molecule has 1 heteroatoms. The molecule has 4 rings (SSSR count). The Hall–Kier alpha value is -0.330. The predicted octanol–water partition coefficient (Wildman–Crippen LogP) is 7.68. The Morgan fingerprint density at radius 2 is 1.64 bits per heavy atom. The molecule has 28 heavy (non-hydrogen) atoms. The van der Waals surface area contributed by atoms with Gasteiger partial charge < -0.3 is 0 Å². The Balaban J connectivity index is 1.48. The van der Waals surface area contributed by atoms with Crippen LogP contribution in [0, 0.1) is 52.3 Å². The molecule has 160 valence electrons. The van der Waals surface area contributed by atoms with E-state index in [-0.39, 0.29) is 0 Å². The molecule has 0 aliphatic heterocycles. The number of carbonyl (C=O) groups excluding carboxylic acids is 1. The molecule has 4 aliphatic carbocycles. The number of hydrogen-bond donors (Lipinski definition) is 0. The molecule has 0 bridgehead atoms. The van der Waals surface area contributed by atoms with Crippen LogP contribution in [0.4, 0.5) is 0 Å². The minimum atomic E-state index is 0.334. The quantitative estimate of drug-likeness (QED) is 0.473. The number of hydrogen-bond acceptors (Lipinski definition) is 1. The van der Waals surface area contributed by atoms with Gasteiger partial charge in [-0.25, -0.2) is 0 Å². The molecule has 4 aliphatic rings. The summed E-state index contributed by atoms with van der Waals surface area (Å²) >= 11 is 0. The molecule has 0 aromatic rings. The summed E-state index contributed by atoms with van der Waals surface area (Å²) in [5.41, 5.74) is 0.917. The van der Waals surface area contributed by atoms with Crippen LogP contribution in [-0.2, 0) is 4.79 Å². The van der Waals surface area contributed by atoms with E-state index in [0.29, 0.717) is 16.6 Å². The number of fused-ring (bicyclic) bond motifs is 5. The summed E-state index contributed by atoms with van der Waals surface area (Å²) in [6.45, 7) is 12.5. The zero-order chi connectivity index (χ0) is 20.1. The van der Waals surface area contributed by atoms with Gasteiger partial charge in [0.1, 0.15) is 5.78 Å². The fraction of sp³-hybridized carbons (Fsp3) is 0.963. The maximum atomic E-state index is 12.4. The van der Waals surface area contributed by atoms with Gasteiger partial charge >= 0.3 is 0 Å². The van der Waals surface area contributed by atoms with E-state index in [9.17, 15) is 4.79 Å². The third-order valence-corrected chi connectivity index (χ3v) is 10.6. The van der Waals surface area contributed by atoms with Gasteiger partial charge in [0.15, 0.2) is 0 Å². The average Bonchev–Trinajstić information content (AvgIpc) is 2.98. The summed E-state index contributed by atoms with van der Waals surface area (Å²) in [4.78, 5) is 12.4. The molecule has 0 radical (unpaired) electrons. The van der Waals surface area contributed by atoms with Gasteiger partial charge in [-0.1, -0.05) is 53.9 Å². The molecule has 0 aromatic carbocycles. The van der Waals surface area contributed by atoms with E-state index >= 15 is 0 Å². The van der Waals surface area contributed by atoms with Crippen LogP contribution < -0.4 is 0 Å². The van der Waals surface area contributed by atoms with E-state index in [1.807, 2.05) is 0 Å². The Bertz CT molecular complexity index is 579. The van der Waals surface area contributed by atoms with Crippen molar-refractivity contribution in [3.05, 3.63) is 0 Å². The maximum absolute atomic E-state index is 12.4. The summed E-state index contributed by atoms with van der Waals surface area (Å²) in [5, 5.41) is 0. The van der Waals surface area contributed by atoms with Crippen LogP contribution in [0.5, 0.6) is 0 Å². The predicted molar refractivity (Wildman–Crippen MR) is 118 cm³/mol. The first-order chi connectivity index (χ1) is 13.3. The normalized spacial score (nSPS) is 46.8. The number of ketones is 1. The molecule has 0 aromatic heterocycles. The van der Waals surface area contributed by atoms with Crippen molar-refractivity contribution >= 4 is 5.78 Å². The number of Topliss-reactive ketones (excluding diaryl/α,β-unsaturated/α-hetero) is 1. The summed E-state index contributed by atoms with van der Waals surface area (Å²) in [6, 6.07) is 0. The first-order valence-corrected chi connectivity index (χ1v) is 12.8. The van der Waals surface area contributed by atoms with Crippen LogP contribution in [0.3, 0.4) is 0 Å². The van der Waals surface area contributed by atoms with Crippen LogP contribution in [-0.4, -0.2) is 5.78 Å². The molecule has 0 N–H and O–H groups in total. The van der Waals surface area contributed by atoms with E-state index in [4.69, 9.17) is 0 Å². The van der Waals surface area contributed by atoms with Gasteiger partial charge in [0.2, 0.25) is 0 Å². The first-order valence-electron chi connectivity index (χ1n) is 12.8. The second-order valence-corrected chi connectivity index (χ2v) is 12.4. The minimum Gasteiger partial charge on any atom is -0.300 e. The van der Waals surface area contributed by atoms with Crippen molar-refractivity contribution in [3.8, 4) is 0 Å². The highest BCUT2D eigenvalue weighted by Gasteiger charge is 2.60. The van der Waals surface area contributed by atoms with Gasteiger partial charge in [-0.15, -0.1) is 0 Å². The Morgan fingerprint density at radius 1 is 0.893 bits per heavy atom. The van der Waals surface area contributed by atoms with E-state index in [0.717, 1.165) is 54.3 Å². The van der Waals surface area contributed by atoms with Crippen molar-refractivity contribution in [1.82, 2.24) is 0 Å². The van der Waals surface area contributed by atoms with E-state index < -0.39 is 0 Å². The first kappa shape index (κ1) is 20.9. The highest BCUT2D eigenvalue weighted by Crippen LogP contribution is 2.68. The smallest absolute Gasteiger partial charge is 0.133 e. The summed E-state index contributed by atoms with van der Waals surface area (Å²) in [5.74, 6) is 6.79. The number of rotatable bonds is 5. The van der Waals surface area contributed by atoms with Gasteiger partial charge in [0.05, 0.1) is 0 Å². The van der Waals surface area contributed by atoms with Gasteiger partial charge in [-0.3, -0.25) is 4.79 Å². The van der Waals surface area contributed by atoms with Crippen molar-refractivity contribution in [2.45, 2.75) is 112 Å². The molecule has 0 unspecified atom stereocenters. The van der Waals surface area contributed by atoms with Crippen molar-refractivity contribution in [1.29, 1.82) is 0 Å². The lowest BCUT2D eigenvalue weighted by molar-refractivity contribution is -0.142. The molecular weight excluding hydrogens is 340 g/mol. The lowest BCUT2D eigenvalue weighted by Crippen LogP contribution is -2.54. The molecule has 0 saturated heterocycles. The lowest BCUT2D eigenvalue weighted by Gasteiger charge is -2.60. The van der Waals surface area contributed by atoms with Crippen molar-refractivity contribution in [3.63, 3.8) is 0 Å². The molecule has 4 fully saturated rings. The molecule has 1 nitrogen and oxygen atoms in total. The molecule has 8 atom stereocenters. The Labute approximate surface area is 174 Å². The summed E-state index contributed by atoms with van der Waals surface area (Å²) in [6.07, 6.45) is 15.9. The van der Waals surface area contributed by atoms with Crippen LogP contribution in [0.25, 0.3) is 0 Å². The minimum absolute atomic E-state index is 0.334. The van der Waals surface area contributed by atoms with E-state index in [1.54, 1.807) is 0 Å². The van der Waals surface area contributed by atoms with Gasteiger partial charge in [-0.2, -0.15) is 0 Å². The van der Waals surface area contributed by atoms with Crippen LogP contribution in [0.1, 0.15) is 112 Å². The zero-order valence-electron chi connectivity index (χ0n) is 19.4. The molecule has 0 heterocycles. The van der Waals surface area contributed by atoms with Crippen LogP contribution in [0.2, 0.25) is 0 Å². The largest absolute Gasteiger partial charge is 0.300 e. The Kier molecular flexibility index (Phi) is 5.78. The lowest BCUT2D eigenvalue weighted by atomic mass is 9.44. The second kappa shape index (κ2) is 7.73. The SMILES string of the molecule is CC(C)CCC[C@@H](C)[C@@H]1CC[C@@H]2[C@@H]3CC[C@H]4CCC(=O)C[C@]4(C)[C@H]3CC[C@@]21C. The zero-order valence-corrected chi connectivity index (χ0v) is 19.4. The van der Waals surface area contributed by atoms with Gasteiger partial charge in [-0.05, 0) is 97.2 Å². The van der Waals surface area contributed by atoms with Crippen molar-refractivity contribution in [2.75, 3.05) is 0 Å². The topological polar surface area (TPSA) is 17.1 Å². The second-order valence-electron chi connectivity index (χ2n) is 12.4. The molecule has 4 saturated carbocycles. The van der Waals surface area contributed by atoms with Gasteiger partial charge in [0, 0.05) is 12.8 Å².